The zero-order valence-electron chi connectivity index (χ0n) is 8.48. The standard InChI is InChI=1S/C11H10ClN3O/c12-7-1-3-8(4-2-7)15-10-6-16-5-9(10)11(13)14-15/h1-4H,5-6H2,(H2,13,14). The second kappa shape index (κ2) is 3.50. The van der Waals surface area contributed by atoms with Crippen molar-refractivity contribution in [3.63, 3.8) is 0 Å². The Morgan fingerprint density at radius 3 is 2.75 bits per heavy atom. The van der Waals surface area contributed by atoms with Gasteiger partial charge in [-0.25, -0.2) is 4.68 Å². The summed E-state index contributed by atoms with van der Waals surface area (Å²) in [6.45, 7) is 1.11. The van der Waals surface area contributed by atoms with E-state index in [-0.39, 0.29) is 0 Å². The first kappa shape index (κ1) is 9.69. The molecule has 4 nitrogen and oxygen atoms in total. The fourth-order valence-corrected chi connectivity index (χ4v) is 1.98. The molecule has 0 amide bonds. The number of rotatable bonds is 1. The lowest BCUT2D eigenvalue weighted by Gasteiger charge is -2.04. The van der Waals surface area contributed by atoms with Gasteiger partial charge in [0.15, 0.2) is 5.82 Å². The van der Waals surface area contributed by atoms with E-state index in [1.54, 1.807) is 0 Å². The normalized spacial score (nSPS) is 14.1. The maximum Gasteiger partial charge on any atom is 0.151 e. The first-order chi connectivity index (χ1) is 7.75. The van der Waals surface area contributed by atoms with E-state index in [1.165, 1.54) is 0 Å². The Balaban J connectivity index is 2.13. The number of hydrogen-bond acceptors (Lipinski definition) is 3. The van der Waals surface area contributed by atoms with Gasteiger partial charge in [-0.3, -0.25) is 0 Å². The van der Waals surface area contributed by atoms with Gasteiger partial charge in [0.25, 0.3) is 0 Å². The fraction of sp³-hybridized carbons (Fsp3) is 0.182. The van der Waals surface area contributed by atoms with Crippen LogP contribution in [0.5, 0.6) is 0 Å². The largest absolute Gasteiger partial charge is 0.382 e. The van der Waals surface area contributed by atoms with Crippen molar-refractivity contribution in [2.24, 2.45) is 0 Å². The monoisotopic (exact) mass is 235 g/mol. The first-order valence-electron chi connectivity index (χ1n) is 4.95. The van der Waals surface area contributed by atoms with Gasteiger partial charge >= 0.3 is 0 Å². The third-order valence-corrected chi connectivity index (χ3v) is 2.93. The molecule has 5 heteroatoms. The summed E-state index contributed by atoms with van der Waals surface area (Å²) in [5, 5.41) is 5.01. The van der Waals surface area contributed by atoms with Crippen molar-refractivity contribution >= 4 is 17.4 Å². The lowest BCUT2D eigenvalue weighted by Crippen LogP contribution is -2.01. The fourth-order valence-electron chi connectivity index (χ4n) is 1.86. The van der Waals surface area contributed by atoms with Gasteiger partial charge < -0.3 is 10.5 Å². The van der Waals surface area contributed by atoms with Crippen LogP contribution in [0.1, 0.15) is 11.3 Å². The Morgan fingerprint density at radius 2 is 2.00 bits per heavy atom. The average molecular weight is 236 g/mol. The number of aromatic nitrogens is 2. The van der Waals surface area contributed by atoms with Crippen LogP contribution >= 0.6 is 11.6 Å². The smallest absolute Gasteiger partial charge is 0.151 e. The van der Waals surface area contributed by atoms with Crippen molar-refractivity contribution < 1.29 is 4.74 Å². The number of nitrogens with zero attached hydrogens (tertiary/aromatic N) is 2. The third-order valence-electron chi connectivity index (χ3n) is 2.68. The Kier molecular flexibility index (Phi) is 2.12. The highest BCUT2D eigenvalue weighted by Gasteiger charge is 2.22. The molecule has 1 aromatic heterocycles. The second-order valence-electron chi connectivity index (χ2n) is 3.69. The molecule has 1 aliphatic rings. The van der Waals surface area contributed by atoms with Crippen LogP contribution in [-0.4, -0.2) is 9.78 Å². The molecule has 0 saturated heterocycles. The molecular formula is C11H10ClN3O. The van der Waals surface area contributed by atoms with E-state index in [1.807, 2.05) is 28.9 Å². The molecular weight excluding hydrogens is 226 g/mol. The maximum absolute atomic E-state index is 5.84. The van der Waals surface area contributed by atoms with Crippen LogP contribution in [0, 0.1) is 0 Å². The van der Waals surface area contributed by atoms with Crippen molar-refractivity contribution in [1.82, 2.24) is 9.78 Å². The molecule has 16 heavy (non-hydrogen) atoms. The summed E-state index contributed by atoms with van der Waals surface area (Å²) in [6, 6.07) is 7.48. The third kappa shape index (κ3) is 1.38. The molecule has 1 aromatic carbocycles. The van der Waals surface area contributed by atoms with Gasteiger partial charge in [-0.15, -0.1) is 5.10 Å². The number of hydrogen-bond donors (Lipinski definition) is 1. The number of anilines is 1. The summed E-state index contributed by atoms with van der Waals surface area (Å²) >= 11 is 5.84. The molecule has 0 bridgehead atoms. The van der Waals surface area contributed by atoms with Crippen LogP contribution in [0.25, 0.3) is 5.69 Å². The first-order valence-corrected chi connectivity index (χ1v) is 5.33. The van der Waals surface area contributed by atoms with Crippen LogP contribution in [0.15, 0.2) is 24.3 Å². The quantitative estimate of drug-likeness (QED) is 0.824. The minimum atomic E-state index is 0.544. The van der Waals surface area contributed by atoms with Crippen LogP contribution in [0.3, 0.4) is 0 Å². The van der Waals surface area contributed by atoms with Gasteiger partial charge in [-0.05, 0) is 24.3 Å². The van der Waals surface area contributed by atoms with Gasteiger partial charge in [0.05, 0.1) is 24.6 Å². The van der Waals surface area contributed by atoms with E-state index in [0.29, 0.717) is 24.1 Å². The highest BCUT2D eigenvalue weighted by molar-refractivity contribution is 6.30. The molecule has 82 valence electrons. The Morgan fingerprint density at radius 1 is 1.25 bits per heavy atom. The average Bonchev–Trinajstić information content (AvgIpc) is 2.84. The number of halogens is 1. The maximum atomic E-state index is 5.84. The number of nitrogen functional groups attached to an aromatic ring is 1. The zero-order chi connectivity index (χ0) is 11.1. The predicted molar refractivity (Wildman–Crippen MR) is 61.5 cm³/mol. The van der Waals surface area contributed by atoms with Crippen molar-refractivity contribution in [3.05, 3.63) is 40.5 Å². The van der Waals surface area contributed by atoms with Crippen LogP contribution < -0.4 is 5.73 Å². The van der Waals surface area contributed by atoms with Gasteiger partial charge in [0.1, 0.15) is 0 Å². The summed E-state index contributed by atoms with van der Waals surface area (Å²) in [6.07, 6.45) is 0. The summed E-state index contributed by atoms with van der Waals surface area (Å²) < 4.78 is 7.17. The summed E-state index contributed by atoms with van der Waals surface area (Å²) in [5.74, 6) is 0.544. The zero-order valence-corrected chi connectivity index (χ0v) is 9.24. The van der Waals surface area contributed by atoms with Crippen LogP contribution in [-0.2, 0) is 18.0 Å². The molecule has 3 rings (SSSR count). The second-order valence-corrected chi connectivity index (χ2v) is 4.13. The lowest BCUT2D eigenvalue weighted by molar-refractivity contribution is 0.131. The van der Waals surface area contributed by atoms with Crippen molar-refractivity contribution in [1.29, 1.82) is 0 Å². The number of nitrogens with two attached hydrogens (primary N) is 1. The van der Waals surface area contributed by atoms with Crippen LogP contribution in [0.4, 0.5) is 5.82 Å². The molecule has 2 aromatic rings. The van der Waals surface area contributed by atoms with E-state index < -0.39 is 0 Å². The van der Waals surface area contributed by atoms with Crippen molar-refractivity contribution in [3.8, 4) is 5.69 Å². The minimum absolute atomic E-state index is 0.544. The molecule has 0 atom stereocenters. The van der Waals surface area contributed by atoms with Crippen LogP contribution in [0.2, 0.25) is 5.02 Å². The molecule has 2 N–H and O–H groups in total. The molecule has 0 aliphatic carbocycles. The predicted octanol–water partition coefficient (Wildman–Crippen LogP) is 2.14. The summed E-state index contributed by atoms with van der Waals surface area (Å²) in [7, 11) is 0. The van der Waals surface area contributed by atoms with Gasteiger partial charge in [-0.1, -0.05) is 11.6 Å². The molecule has 1 aliphatic heterocycles. The molecule has 0 radical (unpaired) electrons. The summed E-state index contributed by atoms with van der Waals surface area (Å²) in [5.41, 5.74) is 8.79. The SMILES string of the molecule is Nc1nn(-c2ccc(Cl)cc2)c2c1COC2. The van der Waals surface area contributed by atoms with Gasteiger partial charge in [-0.2, -0.15) is 0 Å². The molecule has 2 heterocycles. The van der Waals surface area contributed by atoms with Crippen molar-refractivity contribution in [2.75, 3.05) is 5.73 Å². The van der Waals surface area contributed by atoms with Gasteiger partial charge in [0, 0.05) is 10.6 Å². The number of fused-ring (bicyclic) bond motifs is 1. The number of ether oxygens (including phenoxy) is 1. The Labute approximate surface area is 97.6 Å². The van der Waals surface area contributed by atoms with Gasteiger partial charge in [0.2, 0.25) is 0 Å². The highest BCUT2D eigenvalue weighted by atomic mass is 35.5. The van der Waals surface area contributed by atoms with E-state index in [0.717, 1.165) is 16.9 Å². The molecule has 0 fully saturated rings. The van der Waals surface area contributed by atoms with E-state index in [9.17, 15) is 0 Å². The molecule has 0 spiro atoms. The van der Waals surface area contributed by atoms with Crippen molar-refractivity contribution in [2.45, 2.75) is 13.2 Å². The molecule has 0 saturated carbocycles. The minimum Gasteiger partial charge on any atom is -0.382 e. The Bertz CT molecular complexity index is 533. The topological polar surface area (TPSA) is 53.1 Å². The number of benzene rings is 1. The summed E-state index contributed by atoms with van der Waals surface area (Å²) in [4.78, 5) is 0. The van der Waals surface area contributed by atoms with E-state index in [2.05, 4.69) is 5.10 Å². The highest BCUT2D eigenvalue weighted by Crippen LogP contribution is 2.27. The Hall–Kier alpha value is -1.52. The van der Waals surface area contributed by atoms with E-state index in [4.69, 9.17) is 22.1 Å². The van der Waals surface area contributed by atoms with E-state index >= 15 is 0 Å². The lowest BCUT2D eigenvalue weighted by atomic mass is 10.2. The molecule has 0 unspecified atom stereocenters.